The van der Waals surface area contributed by atoms with Gasteiger partial charge in [-0.15, -0.1) is 0 Å². The Morgan fingerprint density at radius 3 is 2.80 bits per heavy atom. The van der Waals surface area contributed by atoms with E-state index in [0.29, 0.717) is 10.7 Å². The van der Waals surface area contributed by atoms with Crippen LogP contribution in [0.5, 0.6) is 0 Å². The van der Waals surface area contributed by atoms with Gasteiger partial charge >= 0.3 is 0 Å². The third-order valence-electron chi connectivity index (χ3n) is 2.97. The van der Waals surface area contributed by atoms with Crippen molar-refractivity contribution in [3.63, 3.8) is 0 Å². The molecule has 0 aliphatic carbocycles. The zero-order valence-electron chi connectivity index (χ0n) is 10.3. The van der Waals surface area contributed by atoms with Crippen molar-refractivity contribution in [2.24, 2.45) is 0 Å². The minimum atomic E-state index is -0.338. The molecule has 0 unspecified atom stereocenters. The Balaban J connectivity index is 2.10. The maximum atomic E-state index is 11.7. The van der Waals surface area contributed by atoms with Crippen molar-refractivity contribution in [2.45, 2.75) is 6.54 Å². The summed E-state index contributed by atoms with van der Waals surface area (Å²) in [4.78, 5) is 27.2. The number of pyridine rings is 1. The number of aromatic nitrogens is 3. The van der Waals surface area contributed by atoms with Gasteiger partial charge in [0.25, 0.3) is 11.1 Å². The molecule has 5 nitrogen and oxygen atoms in total. The maximum Gasteiger partial charge on any atom is 0.265 e. The van der Waals surface area contributed by atoms with E-state index in [0.717, 1.165) is 10.9 Å². The summed E-state index contributed by atoms with van der Waals surface area (Å²) in [5.74, 6) is 0. The van der Waals surface area contributed by atoms with Gasteiger partial charge in [-0.2, -0.15) is 0 Å². The Bertz CT molecular complexity index is 899. The number of nitrogens with zero attached hydrogens (tertiary/aromatic N) is 2. The van der Waals surface area contributed by atoms with Crippen LogP contribution in [0, 0.1) is 0 Å². The summed E-state index contributed by atoms with van der Waals surface area (Å²) in [6.07, 6.45) is 0. The molecule has 6 heteroatoms. The summed E-state index contributed by atoms with van der Waals surface area (Å²) >= 11 is 6.13. The second kappa shape index (κ2) is 4.94. The minimum Gasteiger partial charge on any atom is -0.268 e. The molecular weight excluding hydrogens is 278 g/mol. The van der Waals surface area contributed by atoms with E-state index in [9.17, 15) is 9.59 Å². The molecule has 20 heavy (non-hydrogen) atoms. The number of benzene rings is 1. The van der Waals surface area contributed by atoms with Crippen LogP contribution in [0.25, 0.3) is 10.9 Å². The van der Waals surface area contributed by atoms with Gasteiger partial charge in [-0.05, 0) is 12.1 Å². The fourth-order valence-corrected chi connectivity index (χ4v) is 2.20. The quantitative estimate of drug-likeness (QED) is 0.731. The molecule has 0 saturated heterocycles. The molecule has 0 aliphatic heterocycles. The summed E-state index contributed by atoms with van der Waals surface area (Å²) < 4.78 is 1.21. The van der Waals surface area contributed by atoms with E-state index in [1.54, 1.807) is 0 Å². The monoisotopic (exact) mass is 287 g/mol. The lowest BCUT2D eigenvalue weighted by Crippen LogP contribution is -2.28. The van der Waals surface area contributed by atoms with Crippen molar-refractivity contribution in [2.75, 3.05) is 0 Å². The predicted octanol–water partition coefficient (Wildman–Crippen LogP) is 1.79. The van der Waals surface area contributed by atoms with E-state index in [-0.39, 0.29) is 17.7 Å². The average Bonchev–Trinajstić information content (AvgIpc) is 2.43. The number of hydrogen-bond acceptors (Lipinski definition) is 3. The Kier molecular flexibility index (Phi) is 3.12. The summed E-state index contributed by atoms with van der Waals surface area (Å²) in [6, 6.07) is 11.8. The van der Waals surface area contributed by atoms with Crippen molar-refractivity contribution in [3.05, 3.63) is 73.9 Å². The van der Waals surface area contributed by atoms with Crippen LogP contribution in [0.1, 0.15) is 5.56 Å². The van der Waals surface area contributed by atoms with Gasteiger partial charge in [0, 0.05) is 23.1 Å². The van der Waals surface area contributed by atoms with E-state index in [1.807, 2.05) is 30.3 Å². The third kappa shape index (κ3) is 2.35. The van der Waals surface area contributed by atoms with Gasteiger partial charge in [0.2, 0.25) is 0 Å². The molecule has 2 aromatic heterocycles. The Labute approximate surface area is 118 Å². The lowest BCUT2D eigenvalue weighted by atomic mass is 10.1. The first kappa shape index (κ1) is 12.6. The molecule has 0 radical (unpaired) electrons. The predicted molar refractivity (Wildman–Crippen MR) is 77.2 cm³/mol. The molecular formula is C14H10ClN3O2. The normalized spacial score (nSPS) is 10.8. The van der Waals surface area contributed by atoms with Crippen LogP contribution >= 0.6 is 11.6 Å². The summed E-state index contributed by atoms with van der Waals surface area (Å²) in [5.41, 5.74) is 0.827. The van der Waals surface area contributed by atoms with Crippen molar-refractivity contribution in [1.29, 1.82) is 0 Å². The molecule has 1 N–H and O–H groups in total. The van der Waals surface area contributed by atoms with Crippen LogP contribution in [0.15, 0.2) is 52.1 Å². The summed E-state index contributed by atoms with van der Waals surface area (Å²) in [6.45, 7) is 0.172. The lowest BCUT2D eigenvalue weighted by Gasteiger charge is -2.08. The number of para-hydroxylation sites is 1. The van der Waals surface area contributed by atoms with E-state index < -0.39 is 0 Å². The standard InChI is InChI=1S/C14H10ClN3O2/c15-14-10(7-9-3-1-2-4-11(9)16-14)8-18-13(20)6-5-12(19)17-18/h1-7H,8H2,(H,17,19). The molecule has 0 fully saturated rings. The molecule has 2 heterocycles. The fourth-order valence-electron chi connectivity index (χ4n) is 2.00. The average molecular weight is 288 g/mol. The van der Waals surface area contributed by atoms with Gasteiger partial charge in [0.15, 0.2) is 0 Å². The number of aromatic amines is 1. The van der Waals surface area contributed by atoms with Crippen LogP contribution in [-0.4, -0.2) is 14.8 Å². The molecule has 0 spiro atoms. The van der Waals surface area contributed by atoms with Crippen molar-refractivity contribution in [3.8, 4) is 0 Å². The molecule has 1 aromatic carbocycles. The van der Waals surface area contributed by atoms with Gasteiger partial charge in [-0.25, -0.2) is 9.67 Å². The van der Waals surface area contributed by atoms with Crippen LogP contribution < -0.4 is 11.1 Å². The molecule has 100 valence electrons. The van der Waals surface area contributed by atoms with E-state index in [1.165, 1.54) is 16.8 Å². The molecule has 0 amide bonds. The lowest BCUT2D eigenvalue weighted by molar-refractivity contribution is 0.627. The molecule has 0 saturated carbocycles. The number of H-pyrrole nitrogens is 1. The molecule has 3 aromatic rings. The first-order valence-corrected chi connectivity index (χ1v) is 6.35. The molecule has 0 bridgehead atoms. The first-order valence-electron chi connectivity index (χ1n) is 5.98. The highest BCUT2D eigenvalue weighted by Gasteiger charge is 2.07. The highest BCUT2D eigenvalue weighted by molar-refractivity contribution is 6.30. The smallest absolute Gasteiger partial charge is 0.265 e. The SMILES string of the molecule is O=c1ccc(=O)n(Cc2cc3ccccc3nc2Cl)[nH]1. The number of halogens is 1. The molecule has 0 aliphatic rings. The van der Waals surface area contributed by atoms with E-state index in [4.69, 9.17) is 11.6 Å². The minimum absolute atomic E-state index is 0.172. The number of rotatable bonds is 2. The first-order chi connectivity index (χ1) is 9.63. The number of nitrogens with one attached hydrogen (secondary N) is 1. The molecule has 0 atom stereocenters. The van der Waals surface area contributed by atoms with Crippen LogP contribution in [0.2, 0.25) is 5.15 Å². The second-order valence-corrected chi connectivity index (χ2v) is 4.72. The van der Waals surface area contributed by atoms with Gasteiger partial charge in [0.05, 0.1) is 12.1 Å². The van der Waals surface area contributed by atoms with Crippen molar-refractivity contribution in [1.82, 2.24) is 14.8 Å². The third-order valence-corrected chi connectivity index (χ3v) is 3.29. The highest BCUT2D eigenvalue weighted by atomic mass is 35.5. The van der Waals surface area contributed by atoms with Crippen LogP contribution in [0.3, 0.4) is 0 Å². The van der Waals surface area contributed by atoms with Gasteiger partial charge < -0.3 is 0 Å². The second-order valence-electron chi connectivity index (χ2n) is 4.36. The molecule has 3 rings (SSSR count). The van der Waals surface area contributed by atoms with Gasteiger partial charge in [0.1, 0.15) is 5.15 Å². The van der Waals surface area contributed by atoms with E-state index in [2.05, 4.69) is 10.1 Å². The topological polar surface area (TPSA) is 67.8 Å². The zero-order valence-corrected chi connectivity index (χ0v) is 11.1. The van der Waals surface area contributed by atoms with Crippen LogP contribution in [-0.2, 0) is 6.54 Å². The Morgan fingerprint density at radius 1 is 1.15 bits per heavy atom. The Morgan fingerprint density at radius 2 is 1.95 bits per heavy atom. The Hall–Kier alpha value is -2.40. The summed E-state index contributed by atoms with van der Waals surface area (Å²) in [7, 11) is 0. The number of hydrogen-bond donors (Lipinski definition) is 1. The summed E-state index contributed by atoms with van der Waals surface area (Å²) in [5, 5.41) is 3.71. The van der Waals surface area contributed by atoms with Gasteiger partial charge in [-0.3, -0.25) is 14.7 Å². The number of fused-ring (bicyclic) bond motifs is 1. The van der Waals surface area contributed by atoms with Crippen molar-refractivity contribution >= 4 is 22.5 Å². The highest BCUT2D eigenvalue weighted by Crippen LogP contribution is 2.20. The van der Waals surface area contributed by atoms with E-state index >= 15 is 0 Å². The zero-order chi connectivity index (χ0) is 14.1. The van der Waals surface area contributed by atoms with Gasteiger partial charge in [-0.1, -0.05) is 29.8 Å². The maximum absolute atomic E-state index is 11.7. The van der Waals surface area contributed by atoms with Crippen LogP contribution in [0.4, 0.5) is 0 Å². The van der Waals surface area contributed by atoms with Crippen molar-refractivity contribution < 1.29 is 0 Å². The fraction of sp³-hybridized carbons (Fsp3) is 0.0714. The largest absolute Gasteiger partial charge is 0.268 e.